The van der Waals surface area contributed by atoms with Crippen molar-refractivity contribution in [3.05, 3.63) is 77.2 Å². The molecule has 0 radical (unpaired) electrons. The van der Waals surface area contributed by atoms with Gasteiger partial charge in [0, 0.05) is 24.5 Å². The highest BCUT2D eigenvalue weighted by Crippen LogP contribution is 2.27. The number of rotatable bonds is 5. The number of sulfonamides is 1. The van der Waals surface area contributed by atoms with Crippen molar-refractivity contribution in [2.24, 2.45) is 7.05 Å². The van der Waals surface area contributed by atoms with E-state index in [0.29, 0.717) is 27.7 Å². The first kappa shape index (κ1) is 20.5. The van der Waals surface area contributed by atoms with Gasteiger partial charge in [0.1, 0.15) is 17.8 Å². The highest BCUT2D eigenvalue weighted by Gasteiger charge is 2.21. The number of aromatic nitrogens is 3. The third-order valence-corrected chi connectivity index (χ3v) is 6.56. The minimum Gasteiger partial charge on any atom is -0.383 e. The molecule has 4 aromatic rings. The number of nitrogens with one attached hydrogen (secondary N) is 1. The van der Waals surface area contributed by atoms with Gasteiger partial charge in [-0.15, -0.1) is 0 Å². The topological polar surface area (TPSA) is 120 Å². The van der Waals surface area contributed by atoms with E-state index in [-0.39, 0.29) is 22.2 Å². The number of hydrogen-bond acceptors (Lipinski definition) is 6. The average Bonchev–Trinajstić information content (AvgIpc) is 3.07. The zero-order valence-electron chi connectivity index (χ0n) is 17.2. The molecule has 9 heteroatoms. The van der Waals surface area contributed by atoms with E-state index in [1.807, 2.05) is 13.0 Å². The lowest BCUT2D eigenvalue weighted by molar-refractivity contribution is 0.104. The number of benzene rings is 2. The van der Waals surface area contributed by atoms with Crippen LogP contribution in [0.3, 0.4) is 0 Å². The molecule has 0 spiro atoms. The summed E-state index contributed by atoms with van der Waals surface area (Å²) in [4.78, 5) is 21.6. The van der Waals surface area contributed by atoms with E-state index in [2.05, 4.69) is 14.7 Å². The number of nitrogen functional groups attached to an aromatic ring is 1. The molecule has 0 bridgehead atoms. The first-order chi connectivity index (χ1) is 14.7. The van der Waals surface area contributed by atoms with Crippen LogP contribution in [-0.2, 0) is 17.1 Å². The van der Waals surface area contributed by atoms with Gasteiger partial charge in [-0.3, -0.25) is 9.52 Å². The van der Waals surface area contributed by atoms with Gasteiger partial charge in [-0.2, -0.15) is 0 Å². The second-order valence-corrected chi connectivity index (χ2v) is 9.05. The molecule has 8 nitrogen and oxygen atoms in total. The molecule has 0 unspecified atom stereocenters. The summed E-state index contributed by atoms with van der Waals surface area (Å²) in [6, 6.07) is 11.6. The Morgan fingerprint density at radius 3 is 2.65 bits per heavy atom. The van der Waals surface area contributed by atoms with Crippen LogP contribution in [0.2, 0.25) is 0 Å². The van der Waals surface area contributed by atoms with Crippen molar-refractivity contribution in [2.75, 3.05) is 10.5 Å². The number of ketones is 1. The summed E-state index contributed by atoms with van der Waals surface area (Å²) >= 11 is 0. The zero-order valence-corrected chi connectivity index (χ0v) is 18.1. The molecule has 0 aliphatic heterocycles. The fourth-order valence-corrected chi connectivity index (χ4v) is 4.87. The Kier molecular flexibility index (Phi) is 4.98. The fourth-order valence-electron chi connectivity index (χ4n) is 3.49. The fraction of sp³-hybridized carbons (Fsp3) is 0.136. The molecular weight excluding hydrogens is 414 g/mol. The molecule has 158 valence electrons. The largest absolute Gasteiger partial charge is 0.383 e. The molecule has 2 aromatic heterocycles. The Morgan fingerprint density at radius 2 is 1.87 bits per heavy atom. The minimum absolute atomic E-state index is 0.197. The van der Waals surface area contributed by atoms with Crippen molar-refractivity contribution in [3.8, 4) is 0 Å². The lowest BCUT2D eigenvalue weighted by atomic mass is 10.0. The van der Waals surface area contributed by atoms with E-state index < -0.39 is 10.0 Å². The zero-order chi connectivity index (χ0) is 22.3. The van der Waals surface area contributed by atoms with Crippen LogP contribution in [0.5, 0.6) is 0 Å². The number of aryl methyl sites for hydroxylation is 3. The summed E-state index contributed by atoms with van der Waals surface area (Å²) in [5.74, 6) is -0.0967. The SMILES string of the molecule is Cc1ccc(C)c(S(=O)(=O)Nc2cccc(C(=O)c3cn(C)c4ncnc(N)c34)c2)c1. The van der Waals surface area contributed by atoms with Gasteiger partial charge in [-0.1, -0.05) is 24.3 Å². The summed E-state index contributed by atoms with van der Waals surface area (Å²) < 4.78 is 30.1. The maximum Gasteiger partial charge on any atom is 0.262 e. The van der Waals surface area contributed by atoms with E-state index in [0.717, 1.165) is 5.56 Å². The highest BCUT2D eigenvalue weighted by atomic mass is 32.2. The Morgan fingerprint density at radius 1 is 1.10 bits per heavy atom. The highest BCUT2D eigenvalue weighted by molar-refractivity contribution is 7.92. The number of carbonyl (C=O) groups is 1. The second-order valence-electron chi connectivity index (χ2n) is 7.40. The smallest absolute Gasteiger partial charge is 0.262 e. The van der Waals surface area contributed by atoms with Gasteiger partial charge in [0.15, 0.2) is 5.78 Å². The van der Waals surface area contributed by atoms with Gasteiger partial charge >= 0.3 is 0 Å². The molecule has 0 saturated carbocycles. The van der Waals surface area contributed by atoms with Crippen LogP contribution in [0.25, 0.3) is 11.0 Å². The normalized spacial score (nSPS) is 11.6. The minimum atomic E-state index is -3.82. The Hall–Kier alpha value is -3.72. The van der Waals surface area contributed by atoms with Crippen molar-refractivity contribution < 1.29 is 13.2 Å². The number of anilines is 2. The van der Waals surface area contributed by atoms with E-state index in [4.69, 9.17) is 5.73 Å². The molecule has 0 atom stereocenters. The van der Waals surface area contributed by atoms with Gasteiger partial charge in [0.25, 0.3) is 10.0 Å². The Bertz CT molecular complexity index is 1440. The summed E-state index contributed by atoms with van der Waals surface area (Å²) in [5, 5.41) is 0.469. The number of hydrogen-bond donors (Lipinski definition) is 2. The number of nitrogens with zero attached hydrogens (tertiary/aromatic N) is 3. The van der Waals surface area contributed by atoms with Gasteiger partial charge in [-0.25, -0.2) is 18.4 Å². The molecule has 0 fully saturated rings. The first-order valence-electron chi connectivity index (χ1n) is 9.48. The van der Waals surface area contributed by atoms with Gasteiger partial charge in [0.2, 0.25) is 0 Å². The van der Waals surface area contributed by atoms with Crippen LogP contribution in [0.1, 0.15) is 27.0 Å². The van der Waals surface area contributed by atoms with Crippen molar-refractivity contribution in [3.63, 3.8) is 0 Å². The molecule has 31 heavy (non-hydrogen) atoms. The molecule has 0 saturated heterocycles. The van der Waals surface area contributed by atoms with E-state index >= 15 is 0 Å². The molecule has 2 aromatic carbocycles. The lowest BCUT2D eigenvalue weighted by Crippen LogP contribution is -2.15. The molecule has 0 aliphatic carbocycles. The van der Waals surface area contributed by atoms with Crippen LogP contribution in [0, 0.1) is 13.8 Å². The summed E-state index contributed by atoms with van der Waals surface area (Å²) in [7, 11) is -2.05. The van der Waals surface area contributed by atoms with Crippen LogP contribution in [0.4, 0.5) is 11.5 Å². The van der Waals surface area contributed by atoms with Crippen LogP contribution < -0.4 is 10.5 Å². The number of fused-ring (bicyclic) bond motifs is 1. The van der Waals surface area contributed by atoms with Crippen LogP contribution >= 0.6 is 0 Å². The van der Waals surface area contributed by atoms with Crippen LogP contribution in [0.15, 0.2) is 59.9 Å². The summed E-state index contributed by atoms with van der Waals surface area (Å²) in [6.07, 6.45) is 2.99. The lowest BCUT2D eigenvalue weighted by Gasteiger charge is -2.12. The average molecular weight is 436 g/mol. The monoisotopic (exact) mass is 435 g/mol. The van der Waals surface area contributed by atoms with E-state index in [1.165, 1.54) is 12.4 Å². The quantitative estimate of drug-likeness (QED) is 0.465. The van der Waals surface area contributed by atoms with Crippen LogP contribution in [-0.4, -0.2) is 28.7 Å². The third kappa shape index (κ3) is 3.75. The molecule has 0 amide bonds. The Labute approximate surface area is 179 Å². The van der Waals surface area contributed by atoms with Crippen molar-refractivity contribution in [1.29, 1.82) is 0 Å². The molecular formula is C22H21N5O3S. The standard InChI is InChI=1S/C22H21N5O3S/c1-13-7-8-14(2)18(9-13)31(29,30)26-16-6-4-5-15(10-16)20(28)17-11-27(3)22-19(17)21(23)24-12-25-22/h4-12,26H,1-3H3,(H2,23,24,25). The molecule has 0 aliphatic rings. The summed E-state index contributed by atoms with van der Waals surface area (Å²) in [6.45, 7) is 3.57. The predicted molar refractivity (Wildman–Crippen MR) is 120 cm³/mol. The van der Waals surface area contributed by atoms with Gasteiger partial charge in [-0.05, 0) is 43.2 Å². The summed E-state index contributed by atoms with van der Waals surface area (Å²) in [5.41, 5.74) is 8.96. The third-order valence-electron chi connectivity index (χ3n) is 5.04. The molecule has 4 rings (SSSR count). The Balaban J connectivity index is 1.71. The van der Waals surface area contributed by atoms with Crippen molar-refractivity contribution in [1.82, 2.24) is 14.5 Å². The van der Waals surface area contributed by atoms with Crippen molar-refractivity contribution >= 4 is 38.3 Å². The second kappa shape index (κ2) is 7.51. The van der Waals surface area contributed by atoms with Gasteiger partial charge < -0.3 is 10.3 Å². The molecule has 3 N–H and O–H groups in total. The van der Waals surface area contributed by atoms with Crippen molar-refractivity contribution in [2.45, 2.75) is 18.7 Å². The number of nitrogens with two attached hydrogens (primary N) is 1. The maximum atomic E-state index is 13.2. The van der Waals surface area contributed by atoms with E-state index in [1.54, 1.807) is 55.1 Å². The van der Waals surface area contributed by atoms with Gasteiger partial charge in [0.05, 0.1) is 15.8 Å². The number of carbonyl (C=O) groups excluding carboxylic acids is 1. The first-order valence-corrected chi connectivity index (χ1v) is 11.0. The maximum absolute atomic E-state index is 13.2. The van der Waals surface area contributed by atoms with E-state index in [9.17, 15) is 13.2 Å². The molecule has 2 heterocycles. The predicted octanol–water partition coefficient (Wildman–Crippen LogP) is 3.20.